The van der Waals surface area contributed by atoms with Crippen molar-refractivity contribution < 1.29 is 5.11 Å². The van der Waals surface area contributed by atoms with E-state index >= 15 is 0 Å². The van der Waals surface area contributed by atoms with Gasteiger partial charge in [-0.1, -0.05) is 33.1 Å². The van der Waals surface area contributed by atoms with Gasteiger partial charge in [0.05, 0.1) is 6.10 Å². The van der Waals surface area contributed by atoms with Crippen molar-refractivity contribution in [2.45, 2.75) is 58.1 Å². The highest BCUT2D eigenvalue weighted by Crippen LogP contribution is 2.10. The average molecular weight is 228 g/mol. The highest BCUT2D eigenvalue weighted by Gasteiger charge is 2.12. The first-order valence-electron chi connectivity index (χ1n) is 6.82. The second kappa shape index (κ2) is 8.04. The molecule has 0 aromatic heterocycles. The van der Waals surface area contributed by atoms with Crippen LogP contribution in [0.4, 0.5) is 0 Å². The molecule has 1 rings (SSSR count). The summed E-state index contributed by atoms with van der Waals surface area (Å²) >= 11 is 0. The van der Waals surface area contributed by atoms with E-state index in [9.17, 15) is 5.11 Å². The number of rotatable bonds is 5. The largest absolute Gasteiger partial charge is 0.390 e. The zero-order valence-electron chi connectivity index (χ0n) is 10.9. The number of aliphatic hydroxyl groups is 1. The maximum absolute atomic E-state index is 9.91. The minimum Gasteiger partial charge on any atom is -0.390 e. The van der Waals surface area contributed by atoms with Crippen molar-refractivity contribution >= 4 is 0 Å². The number of nitrogens with zero attached hydrogens (tertiary/aromatic N) is 1. The van der Waals surface area contributed by atoms with E-state index in [1.54, 1.807) is 0 Å². The molecule has 0 saturated carbocycles. The van der Waals surface area contributed by atoms with Crippen LogP contribution in [-0.2, 0) is 0 Å². The lowest BCUT2D eigenvalue weighted by Crippen LogP contribution is -2.41. The van der Waals surface area contributed by atoms with Gasteiger partial charge in [-0.15, -0.1) is 0 Å². The van der Waals surface area contributed by atoms with Gasteiger partial charge < -0.3 is 15.3 Å². The van der Waals surface area contributed by atoms with Gasteiger partial charge in [0.25, 0.3) is 0 Å². The van der Waals surface area contributed by atoms with Gasteiger partial charge >= 0.3 is 0 Å². The average Bonchev–Trinajstić information content (AvgIpc) is 2.19. The van der Waals surface area contributed by atoms with Crippen molar-refractivity contribution in [1.82, 2.24) is 10.2 Å². The Kier molecular flexibility index (Phi) is 7.01. The van der Waals surface area contributed by atoms with Crippen LogP contribution >= 0.6 is 0 Å². The standard InChI is InChI=1S/C13H28N2O/c1-12(2)14-10-13(16)11-15-8-6-4-3-5-7-9-15/h12-14,16H,3-11H2,1-2H3. The molecular weight excluding hydrogens is 200 g/mol. The Labute approximate surface area is 100 Å². The van der Waals surface area contributed by atoms with Gasteiger partial charge in [-0.25, -0.2) is 0 Å². The fourth-order valence-corrected chi connectivity index (χ4v) is 2.23. The van der Waals surface area contributed by atoms with E-state index in [-0.39, 0.29) is 6.10 Å². The van der Waals surface area contributed by atoms with Crippen molar-refractivity contribution in [3.63, 3.8) is 0 Å². The van der Waals surface area contributed by atoms with Gasteiger partial charge in [0, 0.05) is 19.1 Å². The van der Waals surface area contributed by atoms with Crippen LogP contribution in [0.3, 0.4) is 0 Å². The third-order valence-electron chi connectivity index (χ3n) is 3.18. The molecule has 1 fully saturated rings. The molecule has 1 atom stereocenters. The van der Waals surface area contributed by atoms with Crippen molar-refractivity contribution in [2.75, 3.05) is 26.2 Å². The van der Waals surface area contributed by atoms with Gasteiger partial charge in [0.15, 0.2) is 0 Å². The Morgan fingerprint density at radius 2 is 1.62 bits per heavy atom. The lowest BCUT2D eigenvalue weighted by molar-refractivity contribution is 0.104. The molecule has 1 aliphatic rings. The van der Waals surface area contributed by atoms with Crippen molar-refractivity contribution in [3.8, 4) is 0 Å². The van der Waals surface area contributed by atoms with Crippen LogP contribution in [0.1, 0.15) is 46.0 Å². The molecule has 0 aliphatic carbocycles. The second-order valence-electron chi connectivity index (χ2n) is 5.29. The van der Waals surface area contributed by atoms with Crippen LogP contribution in [0.2, 0.25) is 0 Å². The third-order valence-corrected chi connectivity index (χ3v) is 3.18. The van der Waals surface area contributed by atoms with Crippen molar-refractivity contribution in [2.24, 2.45) is 0 Å². The van der Waals surface area contributed by atoms with E-state index in [0.29, 0.717) is 12.6 Å². The molecule has 1 unspecified atom stereocenters. The molecule has 16 heavy (non-hydrogen) atoms. The first-order chi connectivity index (χ1) is 7.68. The highest BCUT2D eigenvalue weighted by atomic mass is 16.3. The first kappa shape index (κ1) is 13.9. The summed E-state index contributed by atoms with van der Waals surface area (Å²) in [6.07, 6.45) is 6.48. The van der Waals surface area contributed by atoms with E-state index in [0.717, 1.165) is 6.54 Å². The van der Waals surface area contributed by atoms with Crippen LogP contribution in [-0.4, -0.2) is 48.3 Å². The molecule has 0 aromatic carbocycles. The molecule has 0 aromatic rings. The van der Waals surface area contributed by atoms with E-state index in [1.807, 2.05) is 0 Å². The Morgan fingerprint density at radius 3 is 2.19 bits per heavy atom. The molecule has 0 spiro atoms. The molecule has 1 saturated heterocycles. The number of aliphatic hydroxyl groups excluding tert-OH is 1. The van der Waals surface area contributed by atoms with Gasteiger partial charge in [-0.3, -0.25) is 0 Å². The van der Waals surface area contributed by atoms with Crippen LogP contribution in [0.15, 0.2) is 0 Å². The molecule has 2 N–H and O–H groups in total. The molecular formula is C13H28N2O. The maximum Gasteiger partial charge on any atom is 0.0791 e. The van der Waals surface area contributed by atoms with E-state index in [1.165, 1.54) is 45.2 Å². The topological polar surface area (TPSA) is 35.5 Å². The van der Waals surface area contributed by atoms with E-state index in [4.69, 9.17) is 0 Å². The minimum atomic E-state index is -0.221. The molecule has 96 valence electrons. The molecule has 1 aliphatic heterocycles. The molecule has 0 amide bonds. The zero-order valence-corrected chi connectivity index (χ0v) is 10.9. The van der Waals surface area contributed by atoms with Crippen LogP contribution in [0.25, 0.3) is 0 Å². The van der Waals surface area contributed by atoms with Crippen molar-refractivity contribution in [3.05, 3.63) is 0 Å². The Morgan fingerprint density at radius 1 is 1.06 bits per heavy atom. The fourth-order valence-electron chi connectivity index (χ4n) is 2.23. The Bertz CT molecular complexity index is 165. The number of hydrogen-bond donors (Lipinski definition) is 2. The predicted octanol–water partition coefficient (Wildman–Crippen LogP) is 1.61. The summed E-state index contributed by atoms with van der Waals surface area (Å²) in [5, 5.41) is 13.2. The summed E-state index contributed by atoms with van der Waals surface area (Å²) in [5.74, 6) is 0. The molecule has 0 bridgehead atoms. The minimum absolute atomic E-state index is 0.221. The lowest BCUT2D eigenvalue weighted by Gasteiger charge is -2.27. The van der Waals surface area contributed by atoms with Gasteiger partial charge in [0.1, 0.15) is 0 Å². The molecule has 3 heteroatoms. The van der Waals surface area contributed by atoms with E-state index in [2.05, 4.69) is 24.1 Å². The molecule has 1 heterocycles. The SMILES string of the molecule is CC(C)NCC(O)CN1CCCCCCC1. The fraction of sp³-hybridized carbons (Fsp3) is 1.00. The van der Waals surface area contributed by atoms with Gasteiger partial charge in [0.2, 0.25) is 0 Å². The summed E-state index contributed by atoms with van der Waals surface area (Å²) in [5.41, 5.74) is 0. The summed E-state index contributed by atoms with van der Waals surface area (Å²) < 4.78 is 0. The number of β-amino-alcohol motifs (C(OH)–C–C–N with tert-alkyl or cyclic N) is 1. The van der Waals surface area contributed by atoms with Crippen LogP contribution in [0, 0.1) is 0 Å². The maximum atomic E-state index is 9.91. The van der Waals surface area contributed by atoms with Gasteiger partial charge in [-0.2, -0.15) is 0 Å². The molecule has 3 nitrogen and oxygen atoms in total. The van der Waals surface area contributed by atoms with Gasteiger partial charge in [-0.05, 0) is 25.9 Å². The molecule has 0 radical (unpaired) electrons. The monoisotopic (exact) mass is 228 g/mol. The quantitative estimate of drug-likeness (QED) is 0.750. The van der Waals surface area contributed by atoms with Crippen molar-refractivity contribution in [1.29, 1.82) is 0 Å². The summed E-state index contributed by atoms with van der Waals surface area (Å²) in [4.78, 5) is 2.42. The second-order valence-corrected chi connectivity index (χ2v) is 5.29. The Hall–Kier alpha value is -0.120. The normalized spacial score (nSPS) is 21.8. The summed E-state index contributed by atoms with van der Waals surface area (Å²) in [6.45, 7) is 8.11. The highest BCUT2D eigenvalue weighted by molar-refractivity contribution is 4.69. The Balaban J connectivity index is 2.17. The number of likely N-dealkylation sites (tertiary alicyclic amines) is 1. The lowest BCUT2D eigenvalue weighted by atomic mass is 10.1. The summed E-state index contributed by atoms with van der Waals surface area (Å²) in [7, 11) is 0. The van der Waals surface area contributed by atoms with Crippen LogP contribution < -0.4 is 5.32 Å². The number of nitrogens with one attached hydrogen (secondary N) is 1. The summed E-state index contributed by atoms with van der Waals surface area (Å²) in [6, 6.07) is 0.460. The smallest absolute Gasteiger partial charge is 0.0791 e. The third kappa shape index (κ3) is 6.46. The zero-order chi connectivity index (χ0) is 11.8. The predicted molar refractivity (Wildman–Crippen MR) is 68.7 cm³/mol. The van der Waals surface area contributed by atoms with Crippen LogP contribution in [0.5, 0.6) is 0 Å². The van der Waals surface area contributed by atoms with E-state index < -0.39 is 0 Å². The first-order valence-corrected chi connectivity index (χ1v) is 6.82. The number of hydrogen-bond acceptors (Lipinski definition) is 3.